The summed E-state index contributed by atoms with van der Waals surface area (Å²) in [6, 6.07) is 1.72. The lowest BCUT2D eigenvalue weighted by Gasteiger charge is -2.23. The second-order valence-corrected chi connectivity index (χ2v) is 4.72. The summed E-state index contributed by atoms with van der Waals surface area (Å²) in [4.78, 5) is 12.0. The normalized spacial score (nSPS) is 11.3. The van der Waals surface area contributed by atoms with Crippen molar-refractivity contribution >= 4 is 17.5 Å². The van der Waals surface area contributed by atoms with Gasteiger partial charge in [-0.3, -0.25) is 4.79 Å². The van der Waals surface area contributed by atoms with Gasteiger partial charge in [-0.1, -0.05) is 0 Å². The van der Waals surface area contributed by atoms with E-state index in [2.05, 4.69) is 15.5 Å². The predicted molar refractivity (Wildman–Crippen MR) is 63.8 cm³/mol. The summed E-state index contributed by atoms with van der Waals surface area (Å²) in [5.74, 6) is 0.191. The van der Waals surface area contributed by atoms with E-state index in [0.29, 0.717) is 17.1 Å². The van der Waals surface area contributed by atoms with Gasteiger partial charge in [0.15, 0.2) is 0 Å². The van der Waals surface area contributed by atoms with E-state index in [1.54, 1.807) is 19.9 Å². The maximum Gasteiger partial charge on any atom is 0.253 e. The van der Waals surface area contributed by atoms with Crippen LogP contribution in [-0.4, -0.2) is 27.5 Å². The van der Waals surface area contributed by atoms with E-state index in [-0.39, 0.29) is 5.91 Å². The van der Waals surface area contributed by atoms with E-state index in [0.717, 1.165) is 5.69 Å². The van der Waals surface area contributed by atoms with Crippen LogP contribution in [0.3, 0.4) is 0 Å². The summed E-state index contributed by atoms with van der Waals surface area (Å²) in [6.07, 6.45) is 0. The van der Waals surface area contributed by atoms with Gasteiger partial charge in [-0.15, -0.1) is 11.6 Å². The molecule has 88 valence electrons. The van der Waals surface area contributed by atoms with Gasteiger partial charge in [0.25, 0.3) is 5.91 Å². The minimum Gasteiger partial charge on any atom is -0.346 e. The van der Waals surface area contributed by atoms with E-state index < -0.39 is 5.54 Å². The average molecular weight is 242 g/mol. The molecule has 1 aromatic heterocycles. The van der Waals surface area contributed by atoms with Gasteiger partial charge in [-0.05, 0) is 33.8 Å². The van der Waals surface area contributed by atoms with Crippen LogP contribution in [0.2, 0.25) is 0 Å². The summed E-state index contributed by atoms with van der Waals surface area (Å²) in [5.41, 5.74) is 1.46. The highest BCUT2D eigenvalue weighted by Crippen LogP contribution is 2.10. The number of carbonyl (C=O) groups excluding carboxylic acids is 1. The number of aryl methyl sites for hydroxylation is 2. The topological polar surface area (TPSA) is 54.9 Å². The van der Waals surface area contributed by atoms with E-state index in [4.69, 9.17) is 11.6 Å². The molecule has 0 unspecified atom stereocenters. The number of aromatic nitrogens is 2. The number of carbonyl (C=O) groups is 1. The standard InChI is InChI=1S/C11H16ClN3O/c1-7-5-9(8(2)15-14-7)10(16)13-11(3,4)6-12/h5H,6H2,1-4H3,(H,13,16). The van der Waals surface area contributed by atoms with Crippen molar-refractivity contribution in [2.24, 2.45) is 0 Å². The summed E-state index contributed by atoms with van der Waals surface area (Å²) >= 11 is 5.75. The van der Waals surface area contributed by atoms with Crippen LogP contribution in [0.15, 0.2) is 6.07 Å². The van der Waals surface area contributed by atoms with Crippen LogP contribution in [0.5, 0.6) is 0 Å². The third kappa shape index (κ3) is 3.17. The van der Waals surface area contributed by atoms with Gasteiger partial charge in [0.05, 0.1) is 17.0 Å². The first-order valence-electron chi connectivity index (χ1n) is 5.05. The summed E-state index contributed by atoms with van der Waals surface area (Å²) < 4.78 is 0. The van der Waals surface area contributed by atoms with Crippen molar-refractivity contribution in [2.75, 3.05) is 5.88 Å². The highest BCUT2D eigenvalue weighted by atomic mass is 35.5. The highest BCUT2D eigenvalue weighted by Gasteiger charge is 2.21. The number of hydrogen-bond donors (Lipinski definition) is 1. The largest absolute Gasteiger partial charge is 0.346 e. The first-order chi connectivity index (χ1) is 7.35. The minimum absolute atomic E-state index is 0.166. The molecule has 1 aromatic rings. The van der Waals surface area contributed by atoms with Gasteiger partial charge in [0.1, 0.15) is 0 Å². The van der Waals surface area contributed by atoms with Gasteiger partial charge >= 0.3 is 0 Å². The molecule has 1 heterocycles. The number of amides is 1. The average Bonchev–Trinajstić information content (AvgIpc) is 2.21. The number of alkyl halides is 1. The van der Waals surface area contributed by atoms with Gasteiger partial charge in [0.2, 0.25) is 0 Å². The number of nitrogens with one attached hydrogen (secondary N) is 1. The first kappa shape index (κ1) is 12.9. The Labute approximate surface area is 100 Å². The molecule has 0 aliphatic heterocycles. The molecule has 0 fully saturated rings. The molecule has 0 saturated heterocycles. The summed E-state index contributed by atoms with van der Waals surface area (Å²) in [6.45, 7) is 7.30. The van der Waals surface area contributed by atoms with Gasteiger partial charge in [-0.25, -0.2) is 0 Å². The third-order valence-corrected chi connectivity index (χ3v) is 2.80. The summed E-state index contributed by atoms with van der Waals surface area (Å²) in [5, 5.41) is 10.6. The van der Waals surface area contributed by atoms with E-state index >= 15 is 0 Å². The quantitative estimate of drug-likeness (QED) is 0.822. The third-order valence-electron chi connectivity index (χ3n) is 2.13. The van der Waals surface area contributed by atoms with Crippen LogP contribution in [0, 0.1) is 13.8 Å². The molecule has 4 nitrogen and oxygen atoms in total. The lowest BCUT2D eigenvalue weighted by molar-refractivity contribution is 0.0919. The Morgan fingerprint density at radius 3 is 2.62 bits per heavy atom. The Morgan fingerprint density at radius 1 is 1.44 bits per heavy atom. The zero-order valence-electron chi connectivity index (χ0n) is 9.97. The Balaban J connectivity index is 2.93. The smallest absolute Gasteiger partial charge is 0.253 e. The van der Waals surface area contributed by atoms with Gasteiger partial charge in [-0.2, -0.15) is 10.2 Å². The predicted octanol–water partition coefficient (Wildman–Crippen LogP) is 1.84. The molecule has 5 heteroatoms. The molecule has 0 aliphatic carbocycles. The van der Waals surface area contributed by atoms with E-state index in [9.17, 15) is 4.79 Å². The van der Waals surface area contributed by atoms with E-state index in [1.165, 1.54) is 0 Å². The van der Waals surface area contributed by atoms with Crippen LogP contribution in [0.1, 0.15) is 35.6 Å². The molecule has 0 spiro atoms. The molecule has 0 aliphatic rings. The highest BCUT2D eigenvalue weighted by molar-refractivity contribution is 6.18. The van der Waals surface area contributed by atoms with Crippen LogP contribution >= 0.6 is 11.6 Å². The lowest BCUT2D eigenvalue weighted by atomic mass is 10.1. The fraction of sp³-hybridized carbons (Fsp3) is 0.545. The molecule has 0 aromatic carbocycles. The number of rotatable bonds is 3. The van der Waals surface area contributed by atoms with Crippen molar-refractivity contribution in [1.29, 1.82) is 0 Å². The molecule has 1 amide bonds. The fourth-order valence-electron chi connectivity index (χ4n) is 1.19. The maximum absolute atomic E-state index is 12.0. The molecule has 0 bridgehead atoms. The van der Waals surface area contributed by atoms with Gasteiger partial charge < -0.3 is 5.32 Å². The number of halogens is 1. The Kier molecular flexibility index (Phi) is 3.86. The summed E-state index contributed by atoms with van der Waals surface area (Å²) in [7, 11) is 0. The molecule has 16 heavy (non-hydrogen) atoms. The molecular weight excluding hydrogens is 226 g/mol. The zero-order chi connectivity index (χ0) is 12.3. The first-order valence-corrected chi connectivity index (χ1v) is 5.58. The van der Waals surface area contributed by atoms with Crippen LogP contribution in [-0.2, 0) is 0 Å². The molecule has 0 radical (unpaired) electrons. The van der Waals surface area contributed by atoms with Crippen molar-refractivity contribution in [3.63, 3.8) is 0 Å². The van der Waals surface area contributed by atoms with Crippen molar-refractivity contribution in [3.8, 4) is 0 Å². The van der Waals surface area contributed by atoms with Gasteiger partial charge in [0, 0.05) is 11.4 Å². The monoisotopic (exact) mass is 241 g/mol. The minimum atomic E-state index is -0.428. The fourth-order valence-corrected chi connectivity index (χ4v) is 1.25. The lowest BCUT2D eigenvalue weighted by Crippen LogP contribution is -2.45. The second kappa shape index (κ2) is 4.78. The van der Waals surface area contributed by atoms with Crippen LogP contribution in [0.25, 0.3) is 0 Å². The zero-order valence-corrected chi connectivity index (χ0v) is 10.7. The number of nitrogens with zero attached hydrogens (tertiary/aromatic N) is 2. The molecule has 1 rings (SSSR count). The molecule has 1 N–H and O–H groups in total. The molecular formula is C11H16ClN3O. The number of hydrogen-bond acceptors (Lipinski definition) is 3. The van der Waals surface area contributed by atoms with E-state index in [1.807, 2.05) is 13.8 Å². The molecule has 0 atom stereocenters. The van der Waals surface area contributed by atoms with Crippen molar-refractivity contribution in [2.45, 2.75) is 33.2 Å². The maximum atomic E-state index is 12.0. The Bertz CT molecular complexity index is 404. The SMILES string of the molecule is Cc1cc(C(=O)NC(C)(C)CCl)c(C)nn1. The Morgan fingerprint density at radius 2 is 2.06 bits per heavy atom. The van der Waals surface area contributed by atoms with Crippen molar-refractivity contribution < 1.29 is 4.79 Å². The Hall–Kier alpha value is -1.16. The molecule has 0 saturated carbocycles. The van der Waals surface area contributed by atoms with Crippen molar-refractivity contribution in [3.05, 3.63) is 23.0 Å². The second-order valence-electron chi connectivity index (χ2n) is 4.46. The van der Waals surface area contributed by atoms with Crippen molar-refractivity contribution in [1.82, 2.24) is 15.5 Å². The van der Waals surface area contributed by atoms with Crippen LogP contribution < -0.4 is 5.32 Å². The van der Waals surface area contributed by atoms with Crippen LogP contribution in [0.4, 0.5) is 0 Å².